The largest absolute Gasteiger partial charge is 0.356 e. The molecule has 15 heavy (non-hydrogen) atoms. The fourth-order valence-electron chi connectivity index (χ4n) is 1.29. The average molecular weight is 244 g/mol. The van der Waals surface area contributed by atoms with E-state index in [1.165, 1.54) is 11.3 Å². The molecule has 2 heterocycles. The molecule has 7 heteroatoms. The smallest absolute Gasteiger partial charge is 0.205 e. The molecular formula is C8H10ClN5S. The highest BCUT2D eigenvalue weighted by molar-refractivity contribution is 7.13. The number of nitrogens with one attached hydrogen (secondary N) is 1. The first-order valence-electron chi connectivity index (χ1n) is 4.36. The molecule has 0 unspecified atom stereocenters. The van der Waals surface area contributed by atoms with Crippen molar-refractivity contribution in [3.05, 3.63) is 21.9 Å². The minimum absolute atomic E-state index is 0.619. The van der Waals surface area contributed by atoms with E-state index in [4.69, 9.17) is 11.6 Å². The summed E-state index contributed by atoms with van der Waals surface area (Å²) in [6.45, 7) is 2.55. The van der Waals surface area contributed by atoms with Crippen molar-refractivity contribution in [3.63, 3.8) is 0 Å². The second-order valence-electron chi connectivity index (χ2n) is 3.08. The Labute approximate surface area is 96.1 Å². The maximum Gasteiger partial charge on any atom is 0.205 e. The average Bonchev–Trinajstić information content (AvgIpc) is 2.76. The summed E-state index contributed by atoms with van der Waals surface area (Å²) in [5.74, 6) is 0. The van der Waals surface area contributed by atoms with Crippen LogP contribution >= 0.6 is 22.9 Å². The molecule has 0 atom stereocenters. The van der Waals surface area contributed by atoms with Gasteiger partial charge in [-0.3, -0.25) is 4.68 Å². The van der Waals surface area contributed by atoms with Crippen LogP contribution in [-0.4, -0.2) is 20.0 Å². The molecule has 0 amide bonds. The molecule has 1 N–H and O–H groups in total. The van der Waals surface area contributed by atoms with Gasteiger partial charge in [0.1, 0.15) is 10.7 Å². The highest BCUT2D eigenvalue weighted by Gasteiger charge is 2.10. The van der Waals surface area contributed by atoms with Crippen LogP contribution in [0.3, 0.4) is 0 Å². The van der Waals surface area contributed by atoms with Crippen molar-refractivity contribution in [2.24, 2.45) is 7.05 Å². The van der Waals surface area contributed by atoms with Gasteiger partial charge in [-0.1, -0.05) is 22.9 Å². The third-order valence-corrected chi connectivity index (χ3v) is 3.17. The number of anilines is 1. The van der Waals surface area contributed by atoms with Gasteiger partial charge in [-0.15, -0.1) is 10.2 Å². The number of nitrogens with zero attached hydrogens (tertiary/aromatic N) is 4. The zero-order valence-electron chi connectivity index (χ0n) is 8.36. The monoisotopic (exact) mass is 243 g/mol. The zero-order valence-corrected chi connectivity index (χ0v) is 9.93. The van der Waals surface area contributed by atoms with Crippen LogP contribution in [0, 0.1) is 6.92 Å². The second kappa shape index (κ2) is 4.16. The molecule has 5 nitrogen and oxygen atoms in total. The van der Waals surface area contributed by atoms with Crippen LogP contribution in [0.25, 0.3) is 0 Å². The van der Waals surface area contributed by atoms with Gasteiger partial charge in [0.25, 0.3) is 0 Å². The maximum absolute atomic E-state index is 6.08. The van der Waals surface area contributed by atoms with Gasteiger partial charge in [0.15, 0.2) is 0 Å². The molecule has 2 aromatic rings. The Morgan fingerprint density at radius 2 is 2.40 bits per heavy atom. The Hall–Kier alpha value is -1.14. The van der Waals surface area contributed by atoms with Crippen LogP contribution in [0.15, 0.2) is 5.51 Å². The molecule has 0 aliphatic rings. The minimum Gasteiger partial charge on any atom is -0.356 e. The molecule has 0 aliphatic carbocycles. The van der Waals surface area contributed by atoms with Crippen molar-refractivity contribution in [2.75, 3.05) is 5.32 Å². The molecule has 0 radical (unpaired) electrons. The first-order valence-corrected chi connectivity index (χ1v) is 5.62. The summed E-state index contributed by atoms with van der Waals surface area (Å²) < 4.78 is 1.66. The first kappa shape index (κ1) is 10.4. The molecule has 0 aliphatic heterocycles. The van der Waals surface area contributed by atoms with Crippen LogP contribution in [0.2, 0.25) is 5.15 Å². The van der Waals surface area contributed by atoms with E-state index in [2.05, 4.69) is 20.6 Å². The normalized spacial score (nSPS) is 10.6. The highest BCUT2D eigenvalue weighted by atomic mass is 35.5. The Morgan fingerprint density at radius 3 is 2.93 bits per heavy atom. The second-order valence-corrected chi connectivity index (χ2v) is 4.27. The van der Waals surface area contributed by atoms with Crippen LogP contribution in [0.5, 0.6) is 0 Å². The van der Waals surface area contributed by atoms with Gasteiger partial charge in [0.05, 0.1) is 5.69 Å². The summed E-state index contributed by atoms with van der Waals surface area (Å²) in [6, 6.07) is 0. The fourth-order valence-corrected chi connectivity index (χ4v) is 1.97. The standard InChI is InChI=1S/C8H10ClN5S/c1-5-6(7(9)14(2)13-5)3-10-8-12-11-4-15-8/h4H,3H2,1-2H3,(H,10,12). The van der Waals surface area contributed by atoms with Gasteiger partial charge in [0, 0.05) is 19.2 Å². The third kappa shape index (κ3) is 2.10. The van der Waals surface area contributed by atoms with Crippen molar-refractivity contribution in [3.8, 4) is 0 Å². The van der Waals surface area contributed by atoms with E-state index in [0.717, 1.165) is 16.4 Å². The van der Waals surface area contributed by atoms with Gasteiger partial charge in [-0.05, 0) is 6.92 Å². The van der Waals surface area contributed by atoms with Crippen LogP contribution in [0.4, 0.5) is 5.13 Å². The molecule has 2 aromatic heterocycles. The van der Waals surface area contributed by atoms with Crippen molar-refractivity contribution in [1.82, 2.24) is 20.0 Å². The van der Waals surface area contributed by atoms with Crippen molar-refractivity contribution >= 4 is 28.1 Å². The van der Waals surface area contributed by atoms with Crippen LogP contribution in [-0.2, 0) is 13.6 Å². The van der Waals surface area contributed by atoms with Gasteiger partial charge in [-0.25, -0.2) is 0 Å². The molecule has 0 saturated carbocycles. The van der Waals surface area contributed by atoms with E-state index in [9.17, 15) is 0 Å². The van der Waals surface area contributed by atoms with Crippen molar-refractivity contribution in [1.29, 1.82) is 0 Å². The summed E-state index contributed by atoms with van der Waals surface area (Å²) in [5.41, 5.74) is 3.61. The number of aryl methyl sites for hydroxylation is 2. The Bertz CT molecular complexity index is 450. The lowest BCUT2D eigenvalue weighted by Gasteiger charge is -2.01. The quantitative estimate of drug-likeness (QED) is 0.894. The Morgan fingerprint density at radius 1 is 1.60 bits per heavy atom. The van der Waals surface area contributed by atoms with E-state index < -0.39 is 0 Å². The summed E-state index contributed by atoms with van der Waals surface area (Å²) in [4.78, 5) is 0. The molecule has 80 valence electrons. The number of rotatable bonds is 3. The molecule has 0 fully saturated rings. The highest BCUT2D eigenvalue weighted by Crippen LogP contribution is 2.20. The fraction of sp³-hybridized carbons (Fsp3) is 0.375. The summed E-state index contributed by atoms with van der Waals surface area (Å²) >= 11 is 7.54. The number of aromatic nitrogens is 4. The molecule has 0 aromatic carbocycles. The number of hydrogen-bond acceptors (Lipinski definition) is 5. The van der Waals surface area contributed by atoms with Crippen molar-refractivity contribution < 1.29 is 0 Å². The van der Waals surface area contributed by atoms with Gasteiger partial charge in [-0.2, -0.15) is 5.10 Å². The number of hydrogen-bond donors (Lipinski definition) is 1. The van der Waals surface area contributed by atoms with Gasteiger partial charge < -0.3 is 5.32 Å². The summed E-state index contributed by atoms with van der Waals surface area (Å²) in [7, 11) is 1.82. The lowest BCUT2D eigenvalue weighted by Crippen LogP contribution is -2.00. The SMILES string of the molecule is Cc1nn(C)c(Cl)c1CNc1nncs1. The third-order valence-electron chi connectivity index (χ3n) is 2.05. The zero-order chi connectivity index (χ0) is 10.8. The van der Waals surface area contributed by atoms with E-state index >= 15 is 0 Å². The summed E-state index contributed by atoms with van der Waals surface area (Å²) in [5, 5.41) is 16.4. The minimum atomic E-state index is 0.619. The van der Waals surface area contributed by atoms with Gasteiger partial charge in [0.2, 0.25) is 5.13 Å². The lowest BCUT2D eigenvalue weighted by atomic mass is 10.3. The van der Waals surface area contributed by atoms with E-state index in [1.54, 1.807) is 10.2 Å². The Kier molecular flexibility index (Phi) is 2.88. The number of halogens is 1. The maximum atomic E-state index is 6.08. The molecule has 0 bridgehead atoms. The molecule has 2 rings (SSSR count). The lowest BCUT2D eigenvalue weighted by molar-refractivity contribution is 0.757. The molecule has 0 saturated heterocycles. The van der Waals surface area contributed by atoms with E-state index in [0.29, 0.717) is 11.7 Å². The van der Waals surface area contributed by atoms with E-state index in [1.807, 2.05) is 14.0 Å². The predicted molar refractivity (Wildman–Crippen MR) is 60.2 cm³/mol. The molecular weight excluding hydrogens is 234 g/mol. The van der Waals surface area contributed by atoms with Crippen LogP contribution < -0.4 is 5.32 Å². The molecule has 0 spiro atoms. The topological polar surface area (TPSA) is 55.6 Å². The van der Waals surface area contributed by atoms with E-state index in [-0.39, 0.29) is 0 Å². The Balaban J connectivity index is 2.11. The van der Waals surface area contributed by atoms with Crippen molar-refractivity contribution in [2.45, 2.75) is 13.5 Å². The first-order chi connectivity index (χ1) is 7.18. The van der Waals surface area contributed by atoms with Crippen LogP contribution in [0.1, 0.15) is 11.3 Å². The van der Waals surface area contributed by atoms with Gasteiger partial charge >= 0.3 is 0 Å². The predicted octanol–water partition coefficient (Wildman–Crippen LogP) is 1.85. The summed E-state index contributed by atoms with van der Waals surface area (Å²) in [6.07, 6.45) is 0.